The highest BCUT2D eigenvalue weighted by molar-refractivity contribution is 7.89. The summed E-state index contributed by atoms with van der Waals surface area (Å²) in [4.78, 5) is -0.404. The Balaban J connectivity index is 2.31. The lowest BCUT2D eigenvalue weighted by atomic mass is 10.0. The van der Waals surface area contributed by atoms with E-state index < -0.39 is 26.8 Å². The zero-order valence-corrected chi connectivity index (χ0v) is 11.4. The van der Waals surface area contributed by atoms with Crippen molar-refractivity contribution in [3.05, 3.63) is 24.0 Å². The van der Waals surface area contributed by atoms with Gasteiger partial charge in [0.15, 0.2) is 0 Å². The molecule has 2 rings (SSSR count). The molecule has 2 atom stereocenters. The summed E-state index contributed by atoms with van der Waals surface area (Å²) in [7, 11) is -3.89. The van der Waals surface area contributed by atoms with E-state index >= 15 is 0 Å². The van der Waals surface area contributed by atoms with Crippen LogP contribution in [0.25, 0.3) is 0 Å². The van der Waals surface area contributed by atoms with Gasteiger partial charge in [-0.05, 0) is 37.5 Å². The van der Waals surface area contributed by atoms with Crippen molar-refractivity contribution in [3.8, 4) is 0 Å². The van der Waals surface area contributed by atoms with Gasteiger partial charge in [-0.1, -0.05) is 0 Å². The molecular weight excluding hydrogens is 271 g/mol. The summed E-state index contributed by atoms with van der Waals surface area (Å²) in [5, 5.41) is 9.49. The number of hydrogen-bond acceptors (Lipinski definition) is 4. The first-order valence-corrected chi connectivity index (χ1v) is 7.49. The summed E-state index contributed by atoms with van der Waals surface area (Å²) in [6.07, 6.45) is -0.00761. The number of sulfonamides is 1. The second kappa shape index (κ2) is 5.07. The number of halogens is 1. The lowest BCUT2D eigenvalue weighted by Crippen LogP contribution is -2.31. The van der Waals surface area contributed by atoms with Crippen LogP contribution in [0, 0.1) is 11.7 Å². The summed E-state index contributed by atoms with van der Waals surface area (Å²) >= 11 is 0. The van der Waals surface area contributed by atoms with Crippen molar-refractivity contribution in [3.63, 3.8) is 0 Å². The molecule has 19 heavy (non-hydrogen) atoms. The van der Waals surface area contributed by atoms with Crippen molar-refractivity contribution in [2.45, 2.75) is 24.3 Å². The summed E-state index contributed by atoms with van der Waals surface area (Å²) in [5.41, 5.74) is 5.71. The van der Waals surface area contributed by atoms with E-state index in [1.54, 1.807) is 6.92 Å². The fraction of sp³-hybridized carbons (Fsp3) is 0.500. The van der Waals surface area contributed by atoms with Crippen molar-refractivity contribution in [2.24, 2.45) is 5.92 Å². The zero-order chi connectivity index (χ0) is 14.2. The molecule has 7 heteroatoms. The molecule has 0 aromatic heterocycles. The molecule has 1 aliphatic heterocycles. The van der Waals surface area contributed by atoms with E-state index in [4.69, 9.17) is 5.73 Å². The molecule has 2 unspecified atom stereocenters. The third kappa shape index (κ3) is 2.72. The Morgan fingerprint density at radius 3 is 2.79 bits per heavy atom. The number of nitrogens with zero attached hydrogens (tertiary/aromatic N) is 1. The Morgan fingerprint density at radius 1 is 1.53 bits per heavy atom. The topological polar surface area (TPSA) is 83.6 Å². The van der Waals surface area contributed by atoms with Crippen molar-refractivity contribution >= 4 is 15.7 Å². The van der Waals surface area contributed by atoms with Crippen molar-refractivity contribution in [1.82, 2.24) is 4.31 Å². The van der Waals surface area contributed by atoms with Gasteiger partial charge in [-0.3, -0.25) is 0 Å². The number of nitrogens with two attached hydrogens (primary N) is 1. The van der Waals surface area contributed by atoms with E-state index in [1.165, 1.54) is 10.4 Å². The van der Waals surface area contributed by atoms with Gasteiger partial charge < -0.3 is 10.8 Å². The molecule has 0 amide bonds. The minimum absolute atomic E-state index is 0.112. The van der Waals surface area contributed by atoms with Crippen LogP contribution < -0.4 is 5.73 Å². The SMILES string of the molecule is CC(O)C1CCN(S(=O)(=O)c2cc(N)ccc2F)C1. The van der Waals surface area contributed by atoms with Crippen LogP contribution in [0.15, 0.2) is 23.1 Å². The van der Waals surface area contributed by atoms with E-state index in [-0.39, 0.29) is 24.7 Å². The molecule has 106 valence electrons. The Hall–Kier alpha value is -1.18. The molecule has 0 saturated carbocycles. The van der Waals surface area contributed by atoms with Gasteiger partial charge in [-0.2, -0.15) is 4.31 Å². The number of nitrogen functional groups attached to an aromatic ring is 1. The first-order chi connectivity index (χ1) is 8.82. The number of aliphatic hydroxyl groups excluding tert-OH is 1. The van der Waals surface area contributed by atoms with Crippen molar-refractivity contribution in [2.75, 3.05) is 18.8 Å². The number of aliphatic hydroxyl groups is 1. The molecule has 0 aliphatic carbocycles. The second-order valence-electron chi connectivity index (χ2n) is 4.84. The fourth-order valence-corrected chi connectivity index (χ4v) is 3.83. The molecule has 1 saturated heterocycles. The van der Waals surface area contributed by atoms with Gasteiger partial charge in [0.1, 0.15) is 10.7 Å². The lowest BCUT2D eigenvalue weighted by molar-refractivity contribution is 0.133. The van der Waals surface area contributed by atoms with Gasteiger partial charge in [0.25, 0.3) is 0 Å². The van der Waals surface area contributed by atoms with E-state index in [2.05, 4.69) is 0 Å². The van der Waals surface area contributed by atoms with Crippen LogP contribution in [0.4, 0.5) is 10.1 Å². The molecule has 0 radical (unpaired) electrons. The molecule has 1 heterocycles. The largest absolute Gasteiger partial charge is 0.399 e. The highest BCUT2D eigenvalue weighted by atomic mass is 32.2. The molecule has 0 bridgehead atoms. The highest BCUT2D eigenvalue weighted by Crippen LogP contribution is 2.28. The summed E-state index contributed by atoms with van der Waals surface area (Å²) in [6, 6.07) is 3.49. The third-order valence-corrected chi connectivity index (χ3v) is 5.32. The summed E-state index contributed by atoms with van der Waals surface area (Å²) < 4.78 is 39.5. The predicted octanol–water partition coefficient (Wildman–Crippen LogP) is 0.799. The second-order valence-corrected chi connectivity index (χ2v) is 6.75. The Kier molecular flexibility index (Phi) is 3.80. The molecule has 5 nitrogen and oxygen atoms in total. The zero-order valence-electron chi connectivity index (χ0n) is 10.6. The molecular formula is C12H17FN2O3S. The summed E-state index contributed by atoms with van der Waals surface area (Å²) in [6.45, 7) is 2.11. The maximum Gasteiger partial charge on any atom is 0.246 e. The minimum atomic E-state index is -3.89. The van der Waals surface area contributed by atoms with Crippen LogP contribution in [0.1, 0.15) is 13.3 Å². The van der Waals surface area contributed by atoms with Gasteiger partial charge >= 0.3 is 0 Å². The van der Waals surface area contributed by atoms with Crippen molar-refractivity contribution < 1.29 is 17.9 Å². The van der Waals surface area contributed by atoms with Gasteiger partial charge in [0.05, 0.1) is 6.10 Å². The molecule has 1 aromatic carbocycles. The van der Waals surface area contributed by atoms with Crippen LogP contribution >= 0.6 is 0 Å². The van der Waals surface area contributed by atoms with Gasteiger partial charge in [0, 0.05) is 18.8 Å². The molecule has 1 aromatic rings. The molecule has 3 N–H and O–H groups in total. The molecule has 1 aliphatic rings. The average molecular weight is 288 g/mol. The number of hydrogen-bond donors (Lipinski definition) is 2. The van der Waals surface area contributed by atoms with Crippen LogP contribution in [-0.4, -0.2) is 37.0 Å². The van der Waals surface area contributed by atoms with Crippen LogP contribution in [0.3, 0.4) is 0 Å². The molecule has 1 fully saturated rings. The Bertz CT molecular complexity index is 574. The van der Waals surface area contributed by atoms with E-state index in [9.17, 15) is 17.9 Å². The van der Waals surface area contributed by atoms with E-state index in [1.807, 2.05) is 0 Å². The first-order valence-electron chi connectivity index (χ1n) is 6.05. The van der Waals surface area contributed by atoms with Crippen LogP contribution in [-0.2, 0) is 10.0 Å². The molecule has 0 spiro atoms. The number of rotatable bonds is 3. The number of anilines is 1. The monoisotopic (exact) mass is 288 g/mol. The minimum Gasteiger partial charge on any atom is -0.399 e. The number of benzene rings is 1. The van der Waals surface area contributed by atoms with E-state index in [0.29, 0.717) is 6.42 Å². The predicted molar refractivity (Wildman–Crippen MR) is 69.4 cm³/mol. The van der Waals surface area contributed by atoms with Gasteiger partial charge in [-0.15, -0.1) is 0 Å². The quantitative estimate of drug-likeness (QED) is 0.806. The fourth-order valence-electron chi connectivity index (χ4n) is 2.22. The summed E-state index contributed by atoms with van der Waals surface area (Å²) in [5.74, 6) is -0.923. The lowest BCUT2D eigenvalue weighted by Gasteiger charge is -2.18. The maximum atomic E-state index is 13.7. The Morgan fingerprint density at radius 2 is 2.21 bits per heavy atom. The first kappa shape index (κ1) is 14.2. The highest BCUT2D eigenvalue weighted by Gasteiger charge is 2.35. The van der Waals surface area contributed by atoms with Gasteiger partial charge in [0.2, 0.25) is 10.0 Å². The smallest absolute Gasteiger partial charge is 0.246 e. The van der Waals surface area contributed by atoms with Crippen LogP contribution in [0.2, 0.25) is 0 Å². The van der Waals surface area contributed by atoms with Crippen LogP contribution in [0.5, 0.6) is 0 Å². The maximum absolute atomic E-state index is 13.7. The normalized spacial score (nSPS) is 22.6. The van der Waals surface area contributed by atoms with Gasteiger partial charge in [-0.25, -0.2) is 12.8 Å². The van der Waals surface area contributed by atoms with E-state index in [0.717, 1.165) is 12.1 Å². The average Bonchev–Trinajstić information content (AvgIpc) is 2.82. The third-order valence-electron chi connectivity index (χ3n) is 3.44. The van der Waals surface area contributed by atoms with Crippen molar-refractivity contribution in [1.29, 1.82) is 0 Å². The Labute approximate surface area is 111 Å². The standard InChI is InChI=1S/C12H17FN2O3S/c1-8(16)9-4-5-15(7-9)19(17,18)12-6-10(14)2-3-11(12)13/h2-3,6,8-9,16H,4-5,7,14H2,1H3.